The van der Waals surface area contributed by atoms with Crippen molar-refractivity contribution in [2.75, 3.05) is 13.7 Å². The molecule has 0 aliphatic carbocycles. The fourth-order valence-corrected chi connectivity index (χ4v) is 3.83. The standard InChI is InChI=1S/C25H25FN2O7/c1-13-7-17-18(28-13)3-4-21(25(17)26)35-20-5-6-27-19-11-23(22(33-2)10-16(19)20)34-12-15(30)8-14(29)9-24(31)32/h3-7,10-11,14-15,28-30H,8-9,12H2,1-2H3,(H,31,32). The molecular weight excluding hydrogens is 459 g/mol. The zero-order valence-electron chi connectivity index (χ0n) is 19.1. The number of hydrogen-bond donors (Lipinski definition) is 4. The number of pyridine rings is 1. The second-order valence-corrected chi connectivity index (χ2v) is 8.17. The summed E-state index contributed by atoms with van der Waals surface area (Å²) in [6.45, 7) is 1.65. The molecule has 184 valence electrons. The van der Waals surface area contributed by atoms with Crippen LogP contribution in [0.25, 0.3) is 21.8 Å². The van der Waals surface area contributed by atoms with Gasteiger partial charge < -0.3 is 34.5 Å². The van der Waals surface area contributed by atoms with Gasteiger partial charge in [0.05, 0.1) is 31.3 Å². The van der Waals surface area contributed by atoms with E-state index in [0.717, 1.165) is 5.69 Å². The maximum absolute atomic E-state index is 15.0. The summed E-state index contributed by atoms with van der Waals surface area (Å²) in [7, 11) is 1.44. The van der Waals surface area contributed by atoms with Gasteiger partial charge in [-0.2, -0.15) is 0 Å². The normalized spacial score (nSPS) is 13.1. The van der Waals surface area contributed by atoms with Crippen molar-refractivity contribution in [3.63, 3.8) is 0 Å². The highest BCUT2D eigenvalue weighted by molar-refractivity contribution is 5.89. The smallest absolute Gasteiger partial charge is 0.305 e. The largest absolute Gasteiger partial charge is 0.493 e. The van der Waals surface area contributed by atoms with Crippen molar-refractivity contribution in [2.45, 2.75) is 32.0 Å². The number of aryl methyl sites for hydroxylation is 1. The Kier molecular flexibility index (Phi) is 7.04. The van der Waals surface area contributed by atoms with Crippen LogP contribution in [0, 0.1) is 12.7 Å². The molecule has 2 aromatic heterocycles. The van der Waals surface area contributed by atoms with Crippen molar-refractivity contribution in [2.24, 2.45) is 0 Å². The van der Waals surface area contributed by atoms with Gasteiger partial charge in [0, 0.05) is 40.7 Å². The molecule has 2 atom stereocenters. The summed E-state index contributed by atoms with van der Waals surface area (Å²) in [6.07, 6.45) is -1.40. The van der Waals surface area contributed by atoms with E-state index in [1.165, 1.54) is 13.3 Å². The first-order valence-electron chi connectivity index (χ1n) is 10.9. The zero-order chi connectivity index (χ0) is 25.1. The zero-order valence-corrected chi connectivity index (χ0v) is 19.1. The Morgan fingerprint density at radius 1 is 1.06 bits per heavy atom. The summed E-state index contributed by atoms with van der Waals surface area (Å²) >= 11 is 0. The third-order valence-corrected chi connectivity index (χ3v) is 5.43. The summed E-state index contributed by atoms with van der Waals surface area (Å²) in [4.78, 5) is 18.1. The van der Waals surface area contributed by atoms with Crippen LogP contribution >= 0.6 is 0 Å². The molecule has 2 aromatic carbocycles. The molecule has 0 saturated carbocycles. The van der Waals surface area contributed by atoms with Crippen LogP contribution in [0.3, 0.4) is 0 Å². The van der Waals surface area contributed by atoms with Crippen LogP contribution in [0.15, 0.2) is 42.6 Å². The Morgan fingerprint density at radius 2 is 1.86 bits per heavy atom. The molecule has 0 aliphatic rings. The molecule has 10 heteroatoms. The summed E-state index contributed by atoms with van der Waals surface area (Å²) in [5.41, 5.74) is 2.00. The monoisotopic (exact) mass is 484 g/mol. The molecule has 2 unspecified atom stereocenters. The van der Waals surface area contributed by atoms with Crippen LogP contribution in [-0.4, -0.2) is 57.2 Å². The number of aromatic amines is 1. The van der Waals surface area contributed by atoms with Gasteiger partial charge in [0.15, 0.2) is 23.1 Å². The molecule has 4 N–H and O–H groups in total. The maximum Gasteiger partial charge on any atom is 0.305 e. The molecule has 35 heavy (non-hydrogen) atoms. The minimum absolute atomic E-state index is 0.0614. The lowest BCUT2D eigenvalue weighted by Crippen LogP contribution is -2.25. The van der Waals surface area contributed by atoms with Crippen LogP contribution in [0.4, 0.5) is 4.39 Å². The molecule has 0 spiro atoms. The van der Waals surface area contributed by atoms with Crippen LogP contribution in [-0.2, 0) is 4.79 Å². The number of aromatic nitrogens is 2. The first kappa shape index (κ1) is 24.2. The molecule has 4 aromatic rings. The summed E-state index contributed by atoms with van der Waals surface area (Å²) in [6, 6.07) is 9.85. The second-order valence-electron chi connectivity index (χ2n) is 8.17. The number of hydrogen-bond acceptors (Lipinski definition) is 7. The Morgan fingerprint density at radius 3 is 2.60 bits per heavy atom. The number of benzene rings is 2. The van der Waals surface area contributed by atoms with Crippen LogP contribution in [0.1, 0.15) is 18.5 Å². The van der Waals surface area contributed by atoms with Gasteiger partial charge in [0.2, 0.25) is 0 Å². The molecule has 4 rings (SSSR count). The quantitative estimate of drug-likeness (QED) is 0.266. The van der Waals surface area contributed by atoms with Crippen molar-refractivity contribution >= 4 is 27.8 Å². The number of rotatable bonds is 10. The number of nitrogens with zero attached hydrogens (tertiary/aromatic N) is 1. The Balaban J connectivity index is 1.57. The van der Waals surface area contributed by atoms with E-state index in [2.05, 4.69) is 9.97 Å². The number of aliphatic carboxylic acids is 1. The number of nitrogens with one attached hydrogen (secondary N) is 1. The first-order valence-corrected chi connectivity index (χ1v) is 10.9. The fraction of sp³-hybridized carbons (Fsp3) is 0.280. The van der Waals surface area contributed by atoms with Gasteiger partial charge in [-0.1, -0.05) is 0 Å². The Bertz CT molecular complexity index is 1370. The number of aliphatic hydroxyl groups is 2. The van der Waals surface area contributed by atoms with Crippen molar-refractivity contribution < 1.29 is 38.7 Å². The van der Waals surface area contributed by atoms with E-state index in [-0.39, 0.29) is 24.5 Å². The molecular formula is C25H25FN2O7. The average molecular weight is 484 g/mol. The predicted molar refractivity (Wildman–Crippen MR) is 126 cm³/mol. The lowest BCUT2D eigenvalue weighted by Gasteiger charge is -2.17. The second kappa shape index (κ2) is 10.2. The number of methoxy groups -OCH3 is 1. The molecule has 9 nitrogen and oxygen atoms in total. The third kappa shape index (κ3) is 5.44. The number of halogens is 1. The molecule has 2 heterocycles. The van der Waals surface area contributed by atoms with Crippen LogP contribution in [0.5, 0.6) is 23.0 Å². The molecule has 0 bridgehead atoms. The Labute approximate surface area is 199 Å². The SMILES string of the molecule is COc1cc2c(Oc3ccc4[nH]c(C)cc4c3F)ccnc2cc1OCC(O)CC(O)CC(=O)O. The van der Waals surface area contributed by atoms with Crippen LogP contribution < -0.4 is 14.2 Å². The molecule has 0 amide bonds. The minimum atomic E-state index is -1.19. The number of carboxylic acids is 1. The topological polar surface area (TPSA) is 134 Å². The van der Waals surface area contributed by atoms with E-state index < -0.39 is 30.4 Å². The summed E-state index contributed by atoms with van der Waals surface area (Å²) in [5.74, 6) is -0.608. The fourth-order valence-electron chi connectivity index (χ4n) is 3.83. The van der Waals surface area contributed by atoms with E-state index in [1.54, 1.807) is 36.4 Å². The van der Waals surface area contributed by atoms with Gasteiger partial charge in [0.1, 0.15) is 12.4 Å². The number of H-pyrrole nitrogens is 1. The van der Waals surface area contributed by atoms with E-state index in [4.69, 9.17) is 19.3 Å². The van der Waals surface area contributed by atoms with Crippen LogP contribution in [0.2, 0.25) is 0 Å². The van der Waals surface area contributed by atoms with Gasteiger partial charge in [-0.25, -0.2) is 4.39 Å². The predicted octanol–water partition coefficient (Wildman–Crippen LogP) is 3.93. The average Bonchev–Trinajstić information content (AvgIpc) is 3.19. The van der Waals surface area contributed by atoms with Crippen molar-refractivity contribution in [3.8, 4) is 23.0 Å². The van der Waals surface area contributed by atoms with Crippen molar-refractivity contribution in [3.05, 3.63) is 54.1 Å². The van der Waals surface area contributed by atoms with Gasteiger partial charge in [-0.05, 0) is 37.3 Å². The van der Waals surface area contributed by atoms with E-state index in [1.807, 2.05) is 6.92 Å². The lowest BCUT2D eigenvalue weighted by molar-refractivity contribution is -0.139. The minimum Gasteiger partial charge on any atom is -0.493 e. The maximum atomic E-state index is 15.0. The number of carboxylic acid groups (broad SMARTS) is 1. The molecule has 0 saturated heterocycles. The van der Waals surface area contributed by atoms with Gasteiger partial charge in [-0.15, -0.1) is 0 Å². The van der Waals surface area contributed by atoms with E-state index in [9.17, 15) is 15.0 Å². The number of carbonyl (C=O) groups is 1. The number of fused-ring (bicyclic) bond motifs is 2. The Hall–Kier alpha value is -3.89. The van der Waals surface area contributed by atoms with Gasteiger partial charge in [-0.3, -0.25) is 9.78 Å². The number of aliphatic hydroxyl groups excluding tert-OH is 2. The highest BCUT2D eigenvalue weighted by Gasteiger charge is 2.18. The highest BCUT2D eigenvalue weighted by atomic mass is 19.1. The van der Waals surface area contributed by atoms with E-state index in [0.29, 0.717) is 33.3 Å². The van der Waals surface area contributed by atoms with Gasteiger partial charge in [0.25, 0.3) is 0 Å². The van der Waals surface area contributed by atoms with E-state index >= 15 is 4.39 Å². The molecule has 0 radical (unpaired) electrons. The van der Waals surface area contributed by atoms with Crippen molar-refractivity contribution in [1.82, 2.24) is 9.97 Å². The highest BCUT2D eigenvalue weighted by Crippen LogP contribution is 2.38. The summed E-state index contributed by atoms with van der Waals surface area (Å²) in [5, 5.41) is 29.5. The first-order chi connectivity index (χ1) is 16.7. The van der Waals surface area contributed by atoms with Crippen molar-refractivity contribution in [1.29, 1.82) is 0 Å². The summed E-state index contributed by atoms with van der Waals surface area (Å²) < 4.78 is 32.0. The molecule has 0 fully saturated rings. The lowest BCUT2D eigenvalue weighted by atomic mass is 10.1. The number of ether oxygens (including phenoxy) is 3. The third-order valence-electron chi connectivity index (χ3n) is 5.43. The molecule has 0 aliphatic heterocycles. The van der Waals surface area contributed by atoms with Gasteiger partial charge >= 0.3 is 5.97 Å².